The van der Waals surface area contributed by atoms with Crippen molar-refractivity contribution < 1.29 is 14.3 Å². The largest absolute Gasteiger partial charge is 0.491 e. The average molecular weight is 249 g/mol. The Balaban J connectivity index is 2.00. The van der Waals surface area contributed by atoms with Gasteiger partial charge < -0.3 is 15.2 Å². The van der Waals surface area contributed by atoms with E-state index in [1.54, 1.807) is 25.1 Å². The van der Waals surface area contributed by atoms with Crippen LogP contribution in [0.3, 0.4) is 0 Å². The van der Waals surface area contributed by atoms with Crippen molar-refractivity contribution in [2.24, 2.45) is 5.92 Å². The monoisotopic (exact) mass is 249 g/mol. The molecule has 0 amide bonds. The molecule has 0 unspecified atom stereocenters. The highest BCUT2D eigenvalue weighted by atomic mass is 16.5. The number of ether oxygens (including phenoxy) is 2. The average Bonchev–Trinajstić information content (AvgIpc) is 3.15. The summed E-state index contributed by atoms with van der Waals surface area (Å²) < 4.78 is 10.6. The number of rotatable bonds is 6. The fraction of sp³-hybridized carbons (Fsp3) is 0.500. The molecule has 4 heteroatoms. The van der Waals surface area contributed by atoms with Crippen molar-refractivity contribution in [2.75, 3.05) is 18.9 Å². The Bertz CT molecular complexity index is 427. The number of carbonyl (C=O) groups is 1. The van der Waals surface area contributed by atoms with Crippen molar-refractivity contribution in [1.82, 2.24) is 0 Å². The topological polar surface area (TPSA) is 61.5 Å². The first-order valence-electron chi connectivity index (χ1n) is 6.40. The van der Waals surface area contributed by atoms with Gasteiger partial charge in [-0.15, -0.1) is 0 Å². The maximum atomic E-state index is 11.7. The van der Waals surface area contributed by atoms with Crippen molar-refractivity contribution >= 4 is 11.7 Å². The molecule has 1 aliphatic carbocycles. The zero-order valence-electron chi connectivity index (χ0n) is 10.6. The van der Waals surface area contributed by atoms with Gasteiger partial charge in [-0.2, -0.15) is 0 Å². The summed E-state index contributed by atoms with van der Waals surface area (Å²) >= 11 is 0. The van der Waals surface area contributed by atoms with Crippen molar-refractivity contribution in [3.8, 4) is 5.75 Å². The third-order valence-corrected chi connectivity index (χ3v) is 3.04. The molecule has 0 atom stereocenters. The fourth-order valence-electron chi connectivity index (χ4n) is 1.80. The number of para-hydroxylation sites is 1. The van der Waals surface area contributed by atoms with Gasteiger partial charge in [0.05, 0.1) is 24.5 Å². The van der Waals surface area contributed by atoms with Crippen LogP contribution in [0.1, 0.15) is 36.5 Å². The predicted molar refractivity (Wildman–Crippen MR) is 69.6 cm³/mol. The maximum Gasteiger partial charge on any atom is 0.340 e. The molecule has 1 aromatic rings. The van der Waals surface area contributed by atoms with Crippen LogP contribution < -0.4 is 10.5 Å². The Morgan fingerprint density at radius 3 is 2.89 bits per heavy atom. The lowest BCUT2D eigenvalue weighted by Gasteiger charge is -2.11. The Kier molecular flexibility index (Phi) is 4.07. The van der Waals surface area contributed by atoms with E-state index in [0.29, 0.717) is 30.2 Å². The van der Waals surface area contributed by atoms with E-state index in [0.717, 1.165) is 12.3 Å². The molecule has 0 saturated heterocycles. The first-order valence-corrected chi connectivity index (χ1v) is 6.40. The molecule has 0 aliphatic heterocycles. The summed E-state index contributed by atoms with van der Waals surface area (Å²) in [5, 5.41) is 0. The van der Waals surface area contributed by atoms with E-state index in [-0.39, 0.29) is 0 Å². The molecule has 1 aromatic carbocycles. The quantitative estimate of drug-likeness (QED) is 0.622. The molecule has 2 rings (SSSR count). The molecule has 1 saturated carbocycles. The molecule has 98 valence electrons. The van der Waals surface area contributed by atoms with Gasteiger partial charge in [-0.1, -0.05) is 18.9 Å². The lowest BCUT2D eigenvalue weighted by molar-refractivity contribution is 0.0527. The lowest BCUT2D eigenvalue weighted by Crippen LogP contribution is -2.10. The summed E-state index contributed by atoms with van der Waals surface area (Å²) in [4.78, 5) is 11.7. The number of nitrogens with two attached hydrogens (primary N) is 1. The Hall–Kier alpha value is -1.71. The van der Waals surface area contributed by atoms with E-state index in [9.17, 15) is 4.79 Å². The van der Waals surface area contributed by atoms with Gasteiger partial charge >= 0.3 is 5.97 Å². The number of anilines is 1. The van der Waals surface area contributed by atoms with Crippen LogP contribution in [0.4, 0.5) is 5.69 Å². The normalized spacial score (nSPS) is 14.3. The van der Waals surface area contributed by atoms with E-state index in [4.69, 9.17) is 15.2 Å². The van der Waals surface area contributed by atoms with Crippen molar-refractivity contribution in [2.45, 2.75) is 26.2 Å². The number of hydrogen-bond donors (Lipinski definition) is 1. The Morgan fingerprint density at radius 1 is 1.44 bits per heavy atom. The maximum absolute atomic E-state index is 11.7. The third kappa shape index (κ3) is 3.15. The van der Waals surface area contributed by atoms with Gasteiger partial charge in [0.15, 0.2) is 0 Å². The Morgan fingerprint density at radius 2 is 2.22 bits per heavy atom. The minimum absolute atomic E-state index is 0.338. The van der Waals surface area contributed by atoms with E-state index in [1.807, 2.05) is 0 Å². The molecule has 0 heterocycles. The van der Waals surface area contributed by atoms with Gasteiger partial charge in [0.2, 0.25) is 0 Å². The summed E-state index contributed by atoms with van der Waals surface area (Å²) in [6.45, 7) is 2.76. The molecule has 0 radical (unpaired) electrons. The second-order valence-corrected chi connectivity index (χ2v) is 4.52. The molecule has 1 aliphatic rings. The van der Waals surface area contributed by atoms with Crippen molar-refractivity contribution in [3.05, 3.63) is 23.8 Å². The van der Waals surface area contributed by atoms with Gasteiger partial charge in [0.25, 0.3) is 0 Å². The van der Waals surface area contributed by atoms with Crippen molar-refractivity contribution in [1.29, 1.82) is 0 Å². The molecular formula is C14H19NO3. The standard InChI is InChI=1S/C14H19NO3/c1-2-17-14(16)11-4-3-5-12(13(11)15)18-9-8-10-6-7-10/h3-5,10H,2,6-9,15H2,1H3. The second-order valence-electron chi connectivity index (χ2n) is 4.52. The lowest BCUT2D eigenvalue weighted by atomic mass is 10.1. The number of hydrogen-bond acceptors (Lipinski definition) is 4. The molecule has 0 aromatic heterocycles. The summed E-state index contributed by atoms with van der Waals surface area (Å²) in [5.41, 5.74) is 6.66. The predicted octanol–water partition coefficient (Wildman–Crippen LogP) is 2.62. The fourth-order valence-corrected chi connectivity index (χ4v) is 1.80. The van der Waals surface area contributed by atoms with Crippen LogP contribution in [0.5, 0.6) is 5.75 Å². The van der Waals surface area contributed by atoms with Gasteiger partial charge in [0.1, 0.15) is 5.75 Å². The third-order valence-electron chi connectivity index (χ3n) is 3.04. The molecule has 1 fully saturated rings. The number of benzene rings is 1. The summed E-state index contributed by atoms with van der Waals surface area (Å²) in [6.07, 6.45) is 3.67. The first kappa shape index (κ1) is 12.7. The zero-order valence-corrected chi connectivity index (χ0v) is 10.6. The SMILES string of the molecule is CCOC(=O)c1cccc(OCCC2CC2)c1N. The summed E-state index contributed by atoms with van der Waals surface area (Å²) in [7, 11) is 0. The second kappa shape index (κ2) is 5.76. The van der Waals surface area contributed by atoms with Crippen LogP contribution in [-0.4, -0.2) is 19.2 Å². The molecule has 2 N–H and O–H groups in total. The molecule has 4 nitrogen and oxygen atoms in total. The van der Waals surface area contributed by atoms with Gasteiger partial charge in [-0.3, -0.25) is 0 Å². The van der Waals surface area contributed by atoms with E-state index >= 15 is 0 Å². The van der Waals surface area contributed by atoms with Crippen LogP contribution in [0.2, 0.25) is 0 Å². The first-order chi connectivity index (χ1) is 8.72. The van der Waals surface area contributed by atoms with Crippen LogP contribution in [-0.2, 0) is 4.74 Å². The van der Waals surface area contributed by atoms with Crippen molar-refractivity contribution in [3.63, 3.8) is 0 Å². The molecule has 0 spiro atoms. The highest BCUT2D eigenvalue weighted by molar-refractivity contribution is 5.96. The van der Waals surface area contributed by atoms with Gasteiger partial charge in [0, 0.05) is 0 Å². The van der Waals surface area contributed by atoms with Crippen LogP contribution >= 0.6 is 0 Å². The number of carbonyl (C=O) groups excluding carboxylic acids is 1. The highest BCUT2D eigenvalue weighted by Crippen LogP contribution is 2.33. The smallest absolute Gasteiger partial charge is 0.340 e. The minimum Gasteiger partial charge on any atom is -0.491 e. The molecule has 0 bridgehead atoms. The van der Waals surface area contributed by atoms with E-state index in [1.165, 1.54) is 12.8 Å². The summed E-state index contributed by atoms with van der Waals surface area (Å²) in [6, 6.07) is 5.20. The van der Waals surface area contributed by atoms with E-state index in [2.05, 4.69) is 0 Å². The van der Waals surface area contributed by atoms with Gasteiger partial charge in [-0.05, 0) is 31.4 Å². The Labute approximate surface area is 107 Å². The highest BCUT2D eigenvalue weighted by Gasteiger charge is 2.21. The molecule has 18 heavy (non-hydrogen) atoms. The number of nitrogen functional groups attached to an aromatic ring is 1. The van der Waals surface area contributed by atoms with Crippen LogP contribution in [0, 0.1) is 5.92 Å². The summed E-state index contributed by atoms with van der Waals surface area (Å²) in [5.74, 6) is 0.989. The van der Waals surface area contributed by atoms with E-state index < -0.39 is 5.97 Å². The van der Waals surface area contributed by atoms with Crippen LogP contribution in [0.15, 0.2) is 18.2 Å². The van der Waals surface area contributed by atoms with Crippen LogP contribution in [0.25, 0.3) is 0 Å². The molecular weight excluding hydrogens is 230 g/mol. The minimum atomic E-state index is -0.400. The zero-order chi connectivity index (χ0) is 13.0. The number of esters is 1. The van der Waals surface area contributed by atoms with Gasteiger partial charge in [-0.25, -0.2) is 4.79 Å².